The molecule has 0 aliphatic carbocycles. The van der Waals surface area contributed by atoms with Crippen LogP contribution < -0.4 is 10.1 Å². The molecular weight excluding hydrogens is 312 g/mol. The Hall–Kier alpha value is -2.43. The second-order valence-electron chi connectivity index (χ2n) is 6.11. The molecule has 0 aliphatic rings. The summed E-state index contributed by atoms with van der Waals surface area (Å²) < 4.78 is 5.79. The van der Waals surface area contributed by atoms with Crippen LogP contribution in [0.2, 0.25) is 0 Å². The standard InChI is InChI=1S/C21H24N2O2/c24-19(15-22-12-5-8-17-6-2-1-3-7-17)16-25-21-10-4-9-18-14-23-13-11-20(18)21/h1-4,6-7,9-11,13-14,19,22,24H,5,8,12,15-16H2/t19-/m0/s1. The summed E-state index contributed by atoms with van der Waals surface area (Å²) in [4.78, 5) is 4.11. The Labute approximate surface area is 148 Å². The van der Waals surface area contributed by atoms with Crippen LogP contribution in [0.3, 0.4) is 0 Å². The Balaban J connectivity index is 1.37. The molecule has 130 valence electrons. The van der Waals surface area contributed by atoms with Gasteiger partial charge in [0.1, 0.15) is 18.5 Å². The van der Waals surface area contributed by atoms with Crippen LogP contribution in [-0.4, -0.2) is 35.9 Å². The molecule has 0 fully saturated rings. The van der Waals surface area contributed by atoms with Crippen LogP contribution in [-0.2, 0) is 6.42 Å². The lowest BCUT2D eigenvalue weighted by Crippen LogP contribution is -2.32. The van der Waals surface area contributed by atoms with Crippen molar-refractivity contribution in [2.45, 2.75) is 18.9 Å². The van der Waals surface area contributed by atoms with Gasteiger partial charge in [-0.15, -0.1) is 0 Å². The van der Waals surface area contributed by atoms with Gasteiger partial charge in [-0.25, -0.2) is 0 Å². The number of ether oxygens (including phenoxy) is 1. The van der Waals surface area contributed by atoms with Crippen molar-refractivity contribution in [1.82, 2.24) is 10.3 Å². The van der Waals surface area contributed by atoms with Gasteiger partial charge in [-0.1, -0.05) is 42.5 Å². The smallest absolute Gasteiger partial charge is 0.127 e. The minimum Gasteiger partial charge on any atom is -0.490 e. The van der Waals surface area contributed by atoms with E-state index >= 15 is 0 Å². The third-order valence-electron chi connectivity index (χ3n) is 4.11. The van der Waals surface area contributed by atoms with Gasteiger partial charge in [0, 0.05) is 29.7 Å². The maximum Gasteiger partial charge on any atom is 0.127 e. The topological polar surface area (TPSA) is 54.4 Å². The van der Waals surface area contributed by atoms with Gasteiger partial charge in [0.05, 0.1) is 0 Å². The van der Waals surface area contributed by atoms with E-state index in [9.17, 15) is 5.11 Å². The van der Waals surface area contributed by atoms with E-state index < -0.39 is 6.10 Å². The molecule has 2 aromatic carbocycles. The van der Waals surface area contributed by atoms with Crippen molar-refractivity contribution < 1.29 is 9.84 Å². The first-order chi connectivity index (χ1) is 12.3. The summed E-state index contributed by atoms with van der Waals surface area (Å²) >= 11 is 0. The summed E-state index contributed by atoms with van der Waals surface area (Å²) in [6.45, 7) is 1.68. The van der Waals surface area contributed by atoms with Gasteiger partial charge >= 0.3 is 0 Å². The molecular formula is C21H24N2O2. The normalized spacial score (nSPS) is 12.2. The van der Waals surface area contributed by atoms with Crippen molar-refractivity contribution in [3.05, 3.63) is 72.6 Å². The van der Waals surface area contributed by atoms with Gasteiger partial charge in [-0.3, -0.25) is 4.98 Å². The van der Waals surface area contributed by atoms with E-state index in [0.717, 1.165) is 35.9 Å². The molecule has 25 heavy (non-hydrogen) atoms. The molecule has 0 aliphatic heterocycles. The van der Waals surface area contributed by atoms with Crippen LogP contribution in [0.15, 0.2) is 67.0 Å². The van der Waals surface area contributed by atoms with Crippen LogP contribution in [0.4, 0.5) is 0 Å². The van der Waals surface area contributed by atoms with Gasteiger partial charge in [0.25, 0.3) is 0 Å². The maximum absolute atomic E-state index is 10.1. The van der Waals surface area contributed by atoms with E-state index in [1.807, 2.05) is 36.5 Å². The molecule has 0 saturated carbocycles. The molecule has 4 nitrogen and oxygen atoms in total. The van der Waals surface area contributed by atoms with E-state index in [0.29, 0.717) is 6.54 Å². The van der Waals surface area contributed by atoms with E-state index in [4.69, 9.17) is 4.74 Å². The van der Waals surface area contributed by atoms with Gasteiger partial charge in [-0.2, -0.15) is 0 Å². The summed E-state index contributed by atoms with van der Waals surface area (Å²) in [6.07, 6.45) is 5.12. The fourth-order valence-corrected chi connectivity index (χ4v) is 2.79. The van der Waals surface area contributed by atoms with Crippen molar-refractivity contribution in [1.29, 1.82) is 0 Å². The van der Waals surface area contributed by atoms with Crippen molar-refractivity contribution >= 4 is 10.8 Å². The van der Waals surface area contributed by atoms with E-state index in [1.54, 1.807) is 6.20 Å². The first kappa shape index (κ1) is 17.4. The number of pyridine rings is 1. The molecule has 0 amide bonds. The molecule has 0 saturated heterocycles. The second-order valence-corrected chi connectivity index (χ2v) is 6.11. The number of aliphatic hydroxyl groups excluding tert-OH is 1. The zero-order valence-corrected chi connectivity index (χ0v) is 14.3. The fraction of sp³-hybridized carbons (Fsp3) is 0.286. The summed E-state index contributed by atoms with van der Waals surface area (Å²) in [6, 6.07) is 18.2. The first-order valence-electron chi connectivity index (χ1n) is 8.71. The lowest BCUT2D eigenvalue weighted by Gasteiger charge is -2.14. The number of aryl methyl sites for hydroxylation is 1. The van der Waals surface area contributed by atoms with Crippen LogP contribution in [0.25, 0.3) is 10.8 Å². The highest BCUT2D eigenvalue weighted by atomic mass is 16.5. The number of rotatable bonds is 9. The van der Waals surface area contributed by atoms with Gasteiger partial charge in [0.2, 0.25) is 0 Å². The Morgan fingerprint density at radius 1 is 1.04 bits per heavy atom. The molecule has 0 bridgehead atoms. The van der Waals surface area contributed by atoms with Gasteiger partial charge in [0.15, 0.2) is 0 Å². The Morgan fingerprint density at radius 2 is 1.92 bits per heavy atom. The lowest BCUT2D eigenvalue weighted by molar-refractivity contribution is 0.107. The maximum atomic E-state index is 10.1. The molecule has 3 aromatic rings. The van der Waals surface area contributed by atoms with E-state index in [1.165, 1.54) is 5.56 Å². The van der Waals surface area contributed by atoms with Crippen molar-refractivity contribution in [3.8, 4) is 5.75 Å². The predicted octanol–water partition coefficient (Wildman–Crippen LogP) is 3.20. The molecule has 1 aromatic heterocycles. The summed E-state index contributed by atoms with van der Waals surface area (Å²) in [5.74, 6) is 0.781. The van der Waals surface area contributed by atoms with Crippen LogP contribution >= 0.6 is 0 Å². The number of benzene rings is 2. The Bertz CT molecular complexity index is 772. The number of aliphatic hydroxyl groups is 1. The minimum absolute atomic E-state index is 0.271. The second kappa shape index (κ2) is 9.16. The van der Waals surface area contributed by atoms with E-state index in [2.05, 4.69) is 34.6 Å². The highest BCUT2D eigenvalue weighted by Crippen LogP contribution is 2.24. The summed E-state index contributed by atoms with van der Waals surface area (Å²) in [5.41, 5.74) is 1.35. The van der Waals surface area contributed by atoms with E-state index in [-0.39, 0.29) is 6.61 Å². The first-order valence-corrected chi connectivity index (χ1v) is 8.71. The molecule has 1 atom stereocenters. The van der Waals surface area contributed by atoms with Crippen LogP contribution in [0, 0.1) is 0 Å². The fourth-order valence-electron chi connectivity index (χ4n) is 2.79. The minimum atomic E-state index is -0.534. The highest BCUT2D eigenvalue weighted by molar-refractivity contribution is 5.87. The number of hydrogen-bond donors (Lipinski definition) is 2. The molecule has 0 radical (unpaired) electrons. The number of fused-ring (bicyclic) bond motifs is 1. The van der Waals surface area contributed by atoms with Crippen LogP contribution in [0.1, 0.15) is 12.0 Å². The lowest BCUT2D eigenvalue weighted by atomic mass is 10.1. The average molecular weight is 336 g/mol. The monoisotopic (exact) mass is 336 g/mol. The van der Waals surface area contributed by atoms with Crippen molar-refractivity contribution in [2.75, 3.05) is 19.7 Å². The molecule has 4 heteroatoms. The molecule has 2 N–H and O–H groups in total. The largest absolute Gasteiger partial charge is 0.490 e. The van der Waals surface area contributed by atoms with Crippen molar-refractivity contribution in [2.24, 2.45) is 0 Å². The average Bonchev–Trinajstić information content (AvgIpc) is 2.67. The zero-order valence-electron chi connectivity index (χ0n) is 14.3. The number of hydrogen-bond acceptors (Lipinski definition) is 4. The van der Waals surface area contributed by atoms with Gasteiger partial charge < -0.3 is 15.2 Å². The Kier molecular flexibility index (Phi) is 6.37. The number of nitrogens with one attached hydrogen (secondary N) is 1. The highest BCUT2D eigenvalue weighted by Gasteiger charge is 2.07. The van der Waals surface area contributed by atoms with Crippen molar-refractivity contribution in [3.63, 3.8) is 0 Å². The number of nitrogens with zero attached hydrogens (tertiary/aromatic N) is 1. The summed E-state index contributed by atoms with van der Waals surface area (Å²) in [5, 5.41) is 15.4. The Morgan fingerprint density at radius 3 is 2.80 bits per heavy atom. The third kappa shape index (κ3) is 5.28. The third-order valence-corrected chi connectivity index (χ3v) is 4.11. The molecule has 1 heterocycles. The molecule has 0 spiro atoms. The van der Waals surface area contributed by atoms with Crippen LogP contribution in [0.5, 0.6) is 5.75 Å². The van der Waals surface area contributed by atoms with Gasteiger partial charge in [-0.05, 0) is 37.1 Å². The number of aromatic nitrogens is 1. The zero-order chi connectivity index (χ0) is 17.3. The molecule has 3 rings (SSSR count). The quantitative estimate of drug-likeness (QED) is 0.589. The predicted molar refractivity (Wildman–Crippen MR) is 101 cm³/mol. The molecule has 0 unspecified atom stereocenters. The summed E-state index contributed by atoms with van der Waals surface area (Å²) in [7, 11) is 0. The SMILES string of the molecule is O[C@@H](CNCCCc1ccccc1)COc1cccc2cnccc12.